The Morgan fingerprint density at radius 1 is 1.38 bits per heavy atom. The fourth-order valence-corrected chi connectivity index (χ4v) is 2.33. The number of rotatable bonds is 2. The molecule has 0 aliphatic heterocycles. The van der Waals surface area contributed by atoms with Gasteiger partial charge in [-0.1, -0.05) is 0 Å². The molecule has 5 heteroatoms. The number of thioether (sulfide) groups is 1. The van der Waals surface area contributed by atoms with Gasteiger partial charge in [0.05, 0.1) is 4.90 Å². The fraction of sp³-hybridized carbons (Fsp3) is 0.250. The van der Waals surface area contributed by atoms with E-state index in [-0.39, 0.29) is 4.90 Å². The maximum absolute atomic E-state index is 11.0. The molecular weight excluding hydrogens is 206 g/mol. The molecule has 0 radical (unpaired) electrons. The number of hydrogen-bond acceptors (Lipinski definition) is 3. The average Bonchev–Trinajstić information content (AvgIpc) is 2.01. The molecule has 0 atom stereocenters. The molecule has 1 aromatic rings. The summed E-state index contributed by atoms with van der Waals surface area (Å²) >= 11 is 1.57. The number of nitrogens with two attached hydrogens (primary N) is 1. The van der Waals surface area contributed by atoms with E-state index in [4.69, 9.17) is 5.14 Å². The van der Waals surface area contributed by atoms with E-state index in [0.717, 1.165) is 4.90 Å². The minimum absolute atomic E-state index is 0.199. The van der Waals surface area contributed by atoms with Crippen molar-refractivity contribution in [2.45, 2.75) is 16.7 Å². The van der Waals surface area contributed by atoms with Gasteiger partial charge in [0.25, 0.3) is 0 Å². The van der Waals surface area contributed by atoms with Crippen molar-refractivity contribution >= 4 is 21.8 Å². The van der Waals surface area contributed by atoms with Crippen LogP contribution in [-0.4, -0.2) is 14.7 Å². The van der Waals surface area contributed by atoms with Crippen LogP contribution in [-0.2, 0) is 10.0 Å². The maximum atomic E-state index is 11.0. The van der Waals surface area contributed by atoms with Crippen LogP contribution in [0.25, 0.3) is 0 Å². The summed E-state index contributed by atoms with van der Waals surface area (Å²) in [5, 5.41) is 5.01. The SMILES string of the molecule is CSc1ccc(S(N)(=O)=O)c(C)c1. The van der Waals surface area contributed by atoms with E-state index in [0.29, 0.717) is 5.56 Å². The lowest BCUT2D eigenvalue weighted by atomic mass is 10.2. The molecule has 0 saturated carbocycles. The Labute approximate surface area is 82.4 Å². The van der Waals surface area contributed by atoms with Gasteiger partial charge in [-0.2, -0.15) is 0 Å². The molecule has 0 aliphatic rings. The summed E-state index contributed by atoms with van der Waals surface area (Å²) in [4.78, 5) is 1.23. The molecule has 0 unspecified atom stereocenters. The minimum atomic E-state index is -3.57. The van der Waals surface area contributed by atoms with Crippen LogP contribution < -0.4 is 5.14 Å². The van der Waals surface area contributed by atoms with Crippen molar-refractivity contribution in [2.24, 2.45) is 5.14 Å². The molecule has 0 spiro atoms. The van der Waals surface area contributed by atoms with Crippen LogP contribution in [0.1, 0.15) is 5.56 Å². The molecule has 0 aliphatic carbocycles. The number of hydrogen-bond donors (Lipinski definition) is 1. The third-order valence-corrected chi connectivity index (χ3v) is 3.49. The van der Waals surface area contributed by atoms with Crippen LogP contribution in [0.5, 0.6) is 0 Å². The van der Waals surface area contributed by atoms with E-state index in [1.54, 1.807) is 24.8 Å². The fourth-order valence-electron chi connectivity index (χ4n) is 1.07. The van der Waals surface area contributed by atoms with E-state index >= 15 is 0 Å². The van der Waals surface area contributed by atoms with Crippen molar-refractivity contribution in [1.82, 2.24) is 0 Å². The van der Waals surface area contributed by atoms with E-state index < -0.39 is 10.0 Å². The van der Waals surface area contributed by atoms with E-state index in [1.807, 2.05) is 12.3 Å². The molecule has 0 saturated heterocycles. The number of primary sulfonamides is 1. The quantitative estimate of drug-likeness (QED) is 0.761. The van der Waals surface area contributed by atoms with Crippen molar-refractivity contribution in [3.63, 3.8) is 0 Å². The van der Waals surface area contributed by atoms with Gasteiger partial charge < -0.3 is 0 Å². The second kappa shape index (κ2) is 3.69. The first kappa shape index (κ1) is 10.6. The van der Waals surface area contributed by atoms with Gasteiger partial charge in [-0.25, -0.2) is 13.6 Å². The molecule has 0 bridgehead atoms. The summed E-state index contributed by atoms with van der Waals surface area (Å²) in [5.74, 6) is 0. The second-order valence-corrected chi connectivity index (χ2v) is 5.09. The number of benzene rings is 1. The van der Waals surface area contributed by atoms with Crippen molar-refractivity contribution in [3.05, 3.63) is 23.8 Å². The van der Waals surface area contributed by atoms with Gasteiger partial charge in [0.15, 0.2) is 0 Å². The molecule has 0 amide bonds. The molecule has 72 valence electrons. The minimum Gasteiger partial charge on any atom is -0.225 e. The molecule has 1 rings (SSSR count). The van der Waals surface area contributed by atoms with Crippen molar-refractivity contribution in [3.8, 4) is 0 Å². The van der Waals surface area contributed by atoms with Crippen LogP contribution in [0.4, 0.5) is 0 Å². The lowest BCUT2D eigenvalue weighted by Crippen LogP contribution is -2.13. The Balaban J connectivity index is 3.29. The van der Waals surface area contributed by atoms with Gasteiger partial charge in [0.1, 0.15) is 0 Å². The lowest BCUT2D eigenvalue weighted by Gasteiger charge is -2.04. The highest BCUT2D eigenvalue weighted by Gasteiger charge is 2.10. The van der Waals surface area contributed by atoms with Crippen molar-refractivity contribution in [1.29, 1.82) is 0 Å². The Hall–Kier alpha value is -0.520. The highest BCUT2D eigenvalue weighted by Crippen LogP contribution is 2.20. The highest BCUT2D eigenvalue weighted by molar-refractivity contribution is 7.98. The van der Waals surface area contributed by atoms with Gasteiger partial charge in [-0.3, -0.25) is 0 Å². The molecule has 2 N–H and O–H groups in total. The summed E-state index contributed by atoms with van der Waals surface area (Å²) in [5.41, 5.74) is 0.689. The molecular formula is C8H11NO2S2. The summed E-state index contributed by atoms with van der Waals surface area (Å²) in [6, 6.07) is 5.10. The molecule has 0 fully saturated rings. The molecule has 0 heterocycles. The number of aryl methyl sites for hydroxylation is 1. The maximum Gasteiger partial charge on any atom is 0.238 e. The van der Waals surface area contributed by atoms with Crippen molar-refractivity contribution < 1.29 is 8.42 Å². The van der Waals surface area contributed by atoms with E-state index in [1.165, 1.54) is 6.07 Å². The topological polar surface area (TPSA) is 60.2 Å². The normalized spacial score (nSPS) is 11.6. The summed E-state index contributed by atoms with van der Waals surface area (Å²) in [6.07, 6.45) is 1.94. The first-order valence-corrected chi connectivity index (χ1v) is 6.39. The molecule has 0 aromatic heterocycles. The van der Waals surface area contributed by atoms with Crippen LogP contribution >= 0.6 is 11.8 Å². The Morgan fingerprint density at radius 2 is 2.00 bits per heavy atom. The van der Waals surface area contributed by atoms with Gasteiger partial charge in [-0.15, -0.1) is 11.8 Å². The van der Waals surface area contributed by atoms with Gasteiger partial charge in [0, 0.05) is 4.90 Å². The first-order valence-electron chi connectivity index (χ1n) is 3.62. The number of sulfonamides is 1. The monoisotopic (exact) mass is 217 g/mol. The highest BCUT2D eigenvalue weighted by atomic mass is 32.2. The largest absolute Gasteiger partial charge is 0.238 e. The Bertz CT molecular complexity index is 412. The standard InChI is InChI=1S/C8H11NO2S2/c1-6-5-7(12-2)3-4-8(6)13(9,10)11/h3-5H,1-2H3,(H2,9,10,11). The molecule has 3 nitrogen and oxygen atoms in total. The third-order valence-electron chi connectivity index (χ3n) is 1.69. The average molecular weight is 217 g/mol. The van der Waals surface area contributed by atoms with Crippen LogP contribution in [0, 0.1) is 6.92 Å². The Morgan fingerprint density at radius 3 is 2.38 bits per heavy atom. The smallest absolute Gasteiger partial charge is 0.225 e. The van der Waals surface area contributed by atoms with Gasteiger partial charge in [0.2, 0.25) is 10.0 Å². The molecule has 13 heavy (non-hydrogen) atoms. The summed E-state index contributed by atoms with van der Waals surface area (Å²) < 4.78 is 22.0. The Kier molecular flexibility index (Phi) is 3.00. The van der Waals surface area contributed by atoms with Gasteiger partial charge in [-0.05, 0) is 36.9 Å². The molecule has 1 aromatic carbocycles. The first-order chi connectivity index (χ1) is 5.95. The van der Waals surface area contributed by atoms with Crippen molar-refractivity contribution in [2.75, 3.05) is 6.26 Å². The zero-order valence-corrected chi connectivity index (χ0v) is 9.08. The summed E-state index contributed by atoms with van der Waals surface area (Å²) in [7, 11) is -3.57. The lowest BCUT2D eigenvalue weighted by molar-refractivity contribution is 0.597. The second-order valence-electron chi connectivity index (χ2n) is 2.68. The van der Waals surface area contributed by atoms with E-state index in [2.05, 4.69) is 0 Å². The summed E-state index contributed by atoms with van der Waals surface area (Å²) in [6.45, 7) is 1.74. The predicted molar refractivity (Wildman–Crippen MR) is 54.3 cm³/mol. The van der Waals surface area contributed by atoms with E-state index in [9.17, 15) is 8.42 Å². The zero-order chi connectivity index (χ0) is 10.1. The predicted octanol–water partition coefficient (Wildman–Crippen LogP) is 1.36. The van der Waals surface area contributed by atoms with Gasteiger partial charge >= 0.3 is 0 Å². The van der Waals surface area contributed by atoms with Crippen LogP contribution in [0.3, 0.4) is 0 Å². The van der Waals surface area contributed by atoms with Crippen LogP contribution in [0.15, 0.2) is 28.0 Å². The third kappa shape index (κ3) is 2.46. The zero-order valence-electron chi connectivity index (χ0n) is 7.44. The van der Waals surface area contributed by atoms with Crippen LogP contribution in [0.2, 0.25) is 0 Å².